The maximum atomic E-state index is 12.7. The molecule has 3 aromatic rings. The van der Waals surface area contributed by atoms with Crippen molar-refractivity contribution in [3.63, 3.8) is 0 Å². The van der Waals surface area contributed by atoms with Crippen LogP contribution >= 0.6 is 0 Å². The lowest BCUT2D eigenvalue weighted by Crippen LogP contribution is -2.46. The van der Waals surface area contributed by atoms with E-state index in [1.54, 1.807) is 0 Å². The fourth-order valence-electron chi connectivity index (χ4n) is 6.13. The molecule has 2 aromatic carbocycles. The Kier molecular flexibility index (Phi) is 20.4. The number of rotatable bonds is 29. The topological polar surface area (TPSA) is 221 Å². The van der Waals surface area contributed by atoms with E-state index in [1.165, 1.54) is 0 Å². The zero-order valence-corrected chi connectivity index (χ0v) is 34.8. The zero-order valence-electron chi connectivity index (χ0n) is 34.8. The number of benzene rings is 2. The summed E-state index contributed by atoms with van der Waals surface area (Å²) in [5.74, 6) is -0.903. The van der Waals surface area contributed by atoms with Gasteiger partial charge in [-0.3, -0.25) is 24.5 Å². The third kappa shape index (κ3) is 18.2. The van der Waals surface area contributed by atoms with Gasteiger partial charge in [0.05, 0.1) is 57.6 Å². The lowest BCUT2D eigenvalue weighted by molar-refractivity contribution is -0.127. The summed E-state index contributed by atoms with van der Waals surface area (Å²) in [4.78, 5) is 64.3. The minimum Gasteiger partial charge on any atom is -0.478 e. The molecular formula is C44H61N7O9. The first kappa shape index (κ1) is 47.3. The molecule has 2 atom stereocenters. The second-order valence-corrected chi connectivity index (χ2v) is 15.3. The monoisotopic (exact) mass is 831 g/mol. The predicted molar refractivity (Wildman–Crippen MR) is 227 cm³/mol. The Hall–Kier alpha value is -5.42. The quantitative estimate of drug-likeness (QED) is 0.0439. The maximum Gasteiger partial charge on any atom is 0.322 e. The highest BCUT2D eigenvalue weighted by Crippen LogP contribution is 2.29. The Morgan fingerprint density at radius 3 is 1.95 bits per heavy atom. The SMILES string of the molecule is CC(C)(CCCCOc1cc(-c2ccccc2)cc(-c2ccccc2)n1)CNC(=O)C(N)CC(=O)NCCCOCCOCCOCCCNC(=O)CC1NC(=O)NC1=O. The van der Waals surface area contributed by atoms with Crippen LogP contribution in [0.4, 0.5) is 4.79 Å². The molecule has 0 aliphatic carbocycles. The molecule has 7 N–H and O–H groups in total. The second kappa shape index (κ2) is 25.9. The van der Waals surface area contributed by atoms with Gasteiger partial charge in [-0.25, -0.2) is 9.78 Å². The summed E-state index contributed by atoms with van der Waals surface area (Å²) in [5, 5.41) is 12.8. The van der Waals surface area contributed by atoms with Crippen LogP contribution in [0, 0.1) is 5.41 Å². The van der Waals surface area contributed by atoms with E-state index in [-0.39, 0.29) is 36.0 Å². The first-order valence-corrected chi connectivity index (χ1v) is 20.7. The van der Waals surface area contributed by atoms with Crippen LogP contribution in [0.3, 0.4) is 0 Å². The molecule has 4 rings (SSSR count). The molecule has 0 bridgehead atoms. The van der Waals surface area contributed by atoms with Crippen LogP contribution in [0.15, 0.2) is 72.8 Å². The summed E-state index contributed by atoms with van der Waals surface area (Å²) >= 11 is 0. The third-order valence-electron chi connectivity index (χ3n) is 9.53. The first-order chi connectivity index (χ1) is 29.0. The van der Waals surface area contributed by atoms with Crippen LogP contribution in [0.5, 0.6) is 5.88 Å². The maximum absolute atomic E-state index is 12.7. The fraction of sp³-hybridized carbons (Fsp3) is 0.500. The normalized spacial score (nSPS) is 14.2. The number of aromatic nitrogens is 1. The summed E-state index contributed by atoms with van der Waals surface area (Å²) in [7, 11) is 0. The van der Waals surface area contributed by atoms with Gasteiger partial charge in [-0.1, -0.05) is 74.5 Å². The number of amides is 6. The Labute approximate surface area is 352 Å². The van der Waals surface area contributed by atoms with Gasteiger partial charge in [0, 0.05) is 44.5 Å². The summed E-state index contributed by atoms with van der Waals surface area (Å²) in [5.41, 5.74) is 9.90. The summed E-state index contributed by atoms with van der Waals surface area (Å²) in [6, 6.07) is 21.9. The van der Waals surface area contributed by atoms with E-state index >= 15 is 0 Å². The molecule has 1 aliphatic rings. The van der Waals surface area contributed by atoms with Crippen LogP contribution in [0.1, 0.15) is 58.8 Å². The smallest absolute Gasteiger partial charge is 0.322 e. The van der Waals surface area contributed by atoms with Crippen molar-refractivity contribution in [3.05, 3.63) is 72.8 Å². The summed E-state index contributed by atoms with van der Waals surface area (Å²) < 4.78 is 22.6. The largest absolute Gasteiger partial charge is 0.478 e. The van der Waals surface area contributed by atoms with Crippen LogP contribution in [-0.4, -0.2) is 113 Å². The number of carbonyl (C=O) groups excluding carboxylic acids is 5. The number of nitrogens with two attached hydrogens (primary N) is 1. The fourth-order valence-corrected chi connectivity index (χ4v) is 6.13. The van der Waals surface area contributed by atoms with Crippen LogP contribution in [0.25, 0.3) is 22.4 Å². The standard InChI is InChI=1S/C44H61N7O9/c1-44(2,17-9-10-22-60-40-28-34(32-13-5-3-6-14-32)27-36(49-40)33-15-7-4-8-16-33)31-48-41(54)35(45)29-38(52)46-18-11-20-57-23-25-59-26-24-58-21-12-19-47-39(53)30-37-42(55)51-43(56)50-37/h3-8,13-16,27-28,35,37H,9-12,17-26,29-31,45H2,1-2H3,(H,46,52)(H,47,53)(H,48,54)(H2,50,51,55,56). The molecule has 0 spiro atoms. The van der Waals surface area contributed by atoms with E-state index in [9.17, 15) is 24.0 Å². The molecule has 1 aromatic heterocycles. The third-order valence-corrected chi connectivity index (χ3v) is 9.53. The van der Waals surface area contributed by atoms with Crippen molar-refractivity contribution in [2.75, 3.05) is 65.9 Å². The van der Waals surface area contributed by atoms with Crippen molar-refractivity contribution in [2.24, 2.45) is 11.1 Å². The number of hydrogen-bond acceptors (Lipinski definition) is 11. The van der Waals surface area contributed by atoms with Crippen molar-refractivity contribution in [3.8, 4) is 28.3 Å². The van der Waals surface area contributed by atoms with E-state index in [0.717, 1.165) is 41.6 Å². The van der Waals surface area contributed by atoms with Crippen molar-refractivity contribution in [1.29, 1.82) is 0 Å². The summed E-state index contributed by atoms with van der Waals surface area (Å²) in [6.07, 6.45) is 3.56. The molecule has 6 amide bonds. The van der Waals surface area contributed by atoms with Gasteiger partial charge in [0.1, 0.15) is 6.04 Å². The second-order valence-electron chi connectivity index (χ2n) is 15.3. The molecule has 326 valence electrons. The molecule has 1 saturated heterocycles. The van der Waals surface area contributed by atoms with Crippen LogP contribution in [-0.2, 0) is 33.4 Å². The van der Waals surface area contributed by atoms with E-state index in [1.807, 2.05) is 54.6 Å². The van der Waals surface area contributed by atoms with Gasteiger partial charge in [0.25, 0.3) is 5.91 Å². The number of nitrogens with zero attached hydrogens (tertiary/aromatic N) is 1. The minimum absolute atomic E-state index is 0.109. The van der Waals surface area contributed by atoms with Crippen LogP contribution < -0.4 is 37.1 Å². The lowest BCUT2D eigenvalue weighted by Gasteiger charge is -2.26. The van der Waals surface area contributed by atoms with Gasteiger partial charge in [0.2, 0.25) is 23.6 Å². The predicted octanol–water partition coefficient (Wildman–Crippen LogP) is 3.49. The molecule has 16 nitrogen and oxygen atoms in total. The Morgan fingerprint density at radius 1 is 0.733 bits per heavy atom. The highest BCUT2D eigenvalue weighted by atomic mass is 16.5. The van der Waals surface area contributed by atoms with Gasteiger partial charge in [-0.05, 0) is 54.7 Å². The number of hydrogen-bond donors (Lipinski definition) is 6. The molecule has 2 heterocycles. The van der Waals surface area contributed by atoms with Gasteiger partial charge < -0.3 is 45.9 Å². The molecule has 2 unspecified atom stereocenters. The lowest BCUT2D eigenvalue weighted by atomic mass is 9.87. The molecule has 60 heavy (non-hydrogen) atoms. The van der Waals surface area contributed by atoms with Gasteiger partial charge in [-0.2, -0.15) is 0 Å². The highest BCUT2D eigenvalue weighted by molar-refractivity contribution is 6.05. The molecular weight excluding hydrogens is 771 g/mol. The molecule has 1 aliphatic heterocycles. The van der Waals surface area contributed by atoms with Crippen LogP contribution in [0.2, 0.25) is 0 Å². The van der Waals surface area contributed by atoms with E-state index < -0.39 is 24.0 Å². The van der Waals surface area contributed by atoms with Gasteiger partial charge in [0.15, 0.2) is 0 Å². The van der Waals surface area contributed by atoms with Crippen molar-refractivity contribution in [1.82, 2.24) is 31.6 Å². The minimum atomic E-state index is -0.948. The van der Waals surface area contributed by atoms with Gasteiger partial charge >= 0.3 is 6.03 Å². The number of unbranched alkanes of at least 4 members (excludes halogenated alkanes) is 1. The van der Waals surface area contributed by atoms with Gasteiger partial charge in [-0.15, -0.1) is 0 Å². The molecule has 1 fully saturated rings. The van der Waals surface area contributed by atoms with E-state index in [4.69, 9.17) is 29.7 Å². The Bertz CT molecular complexity index is 1740. The number of pyridine rings is 1. The molecule has 0 radical (unpaired) electrons. The Morgan fingerprint density at radius 2 is 1.33 bits per heavy atom. The van der Waals surface area contributed by atoms with Crippen molar-refractivity contribution in [2.45, 2.75) is 70.9 Å². The molecule has 16 heteroatoms. The average Bonchev–Trinajstić information content (AvgIpc) is 3.56. The number of nitrogens with one attached hydrogen (secondary N) is 5. The number of imide groups is 1. The number of ether oxygens (including phenoxy) is 4. The van der Waals surface area contributed by atoms with E-state index in [0.29, 0.717) is 84.6 Å². The Balaban J connectivity index is 0.962. The highest BCUT2D eigenvalue weighted by Gasteiger charge is 2.31. The zero-order chi connectivity index (χ0) is 43.0. The van der Waals surface area contributed by atoms with Crippen molar-refractivity contribution < 1.29 is 42.9 Å². The average molecular weight is 832 g/mol. The summed E-state index contributed by atoms with van der Waals surface area (Å²) in [6.45, 7) is 8.36. The number of urea groups is 1. The van der Waals surface area contributed by atoms with Crippen molar-refractivity contribution >= 4 is 29.7 Å². The van der Waals surface area contributed by atoms with E-state index in [2.05, 4.69) is 58.6 Å². The first-order valence-electron chi connectivity index (χ1n) is 20.7. The molecule has 0 saturated carbocycles. The number of carbonyl (C=O) groups is 5.